The average molecular weight is 222 g/mol. The minimum atomic E-state index is 0.243. The van der Waals surface area contributed by atoms with Gasteiger partial charge in [0.25, 0.3) is 0 Å². The summed E-state index contributed by atoms with van der Waals surface area (Å²) >= 11 is 0. The second-order valence-corrected chi connectivity index (χ2v) is 4.45. The highest BCUT2D eigenvalue weighted by Crippen LogP contribution is 2.19. The fourth-order valence-corrected chi connectivity index (χ4v) is 2.08. The van der Waals surface area contributed by atoms with Crippen LogP contribution in [-0.2, 0) is 23.2 Å². The third kappa shape index (κ3) is 2.70. The maximum Gasteiger partial charge on any atom is 0.133 e. The number of hydrogen-bond acceptors (Lipinski definition) is 3. The number of Topliss-reactive ketones (excluding diaryl/α,β-unsaturated/α-hetero) is 1. The molecule has 4 nitrogen and oxygen atoms in total. The van der Waals surface area contributed by atoms with E-state index in [9.17, 15) is 4.79 Å². The predicted molar refractivity (Wildman–Crippen MR) is 60.0 cm³/mol. The molecule has 1 saturated carbocycles. The Bertz CT molecular complexity index is 374. The molecule has 0 amide bonds. The molecule has 1 aliphatic carbocycles. The summed E-state index contributed by atoms with van der Waals surface area (Å²) in [5, 5.41) is 4.27. The lowest BCUT2D eigenvalue weighted by molar-refractivity contribution is -0.123. The van der Waals surface area contributed by atoms with Gasteiger partial charge in [0, 0.05) is 19.9 Å². The van der Waals surface area contributed by atoms with Crippen molar-refractivity contribution in [2.24, 2.45) is 7.05 Å². The molecule has 0 radical (unpaired) electrons. The topological polar surface area (TPSA) is 44.1 Å². The van der Waals surface area contributed by atoms with Crippen LogP contribution in [0.3, 0.4) is 0 Å². The number of ketones is 1. The van der Waals surface area contributed by atoms with Crippen molar-refractivity contribution in [3.8, 4) is 0 Å². The van der Waals surface area contributed by atoms with Crippen molar-refractivity contribution in [3.05, 3.63) is 17.5 Å². The number of hydrogen-bond donors (Lipinski definition) is 0. The summed E-state index contributed by atoms with van der Waals surface area (Å²) in [5.41, 5.74) is 2.11. The Morgan fingerprint density at radius 3 is 2.75 bits per heavy atom. The number of rotatable bonds is 3. The Hall–Kier alpha value is -1.16. The van der Waals surface area contributed by atoms with Crippen LogP contribution in [0.4, 0.5) is 0 Å². The molecular formula is C12H18N2O2. The first-order valence-electron chi connectivity index (χ1n) is 5.78. The van der Waals surface area contributed by atoms with Gasteiger partial charge in [0.15, 0.2) is 0 Å². The maximum atomic E-state index is 11.1. The molecule has 0 aromatic carbocycles. The van der Waals surface area contributed by atoms with Gasteiger partial charge in [0.2, 0.25) is 0 Å². The second kappa shape index (κ2) is 4.78. The van der Waals surface area contributed by atoms with E-state index in [-0.39, 0.29) is 6.10 Å². The van der Waals surface area contributed by atoms with Crippen molar-refractivity contribution < 1.29 is 9.53 Å². The van der Waals surface area contributed by atoms with Gasteiger partial charge < -0.3 is 4.74 Å². The molecule has 0 bridgehead atoms. The summed E-state index contributed by atoms with van der Waals surface area (Å²) in [5.74, 6) is 0.372. The Kier molecular flexibility index (Phi) is 3.39. The van der Waals surface area contributed by atoms with E-state index in [0.29, 0.717) is 25.2 Å². The molecule has 0 saturated heterocycles. The smallest absolute Gasteiger partial charge is 0.133 e. The highest BCUT2D eigenvalue weighted by molar-refractivity contribution is 5.79. The van der Waals surface area contributed by atoms with E-state index in [4.69, 9.17) is 4.74 Å². The lowest BCUT2D eigenvalue weighted by Gasteiger charge is -2.21. The van der Waals surface area contributed by atoms with Crippen molar-refractivity contribution in [1.29, 1.82) is 0 Å². The summed E-state index contributed by atoms with van der Waals surface area (Å²) in [6, 6.07) is 2.04. The Labute approximate surface area is 95.6 Å². The highest BCUT2D eigenvalue weighted by Gasteiger charge is 2.19. The number of ether oxygens (including phenoxy) is 1. The Balaban J connectivity index is 1.83. The van der Waals surface area contributed by atoms with E-state index in [0.717, 1.165) is 24.2 Å². The van der Waals surface area contributed by atoms with E-state index < -0.39 is 0 Å². The minimum absolute atomic E-state index is 0.243. The molecule has 1 aromatic rings. The van der Waals surface area contributed by atoms with E-state index in [1.54, 1.807) is 0 Å². The van der Waals surface area contributed by atoms with Crippen LogP contribution >= 0.6 is 0 Å². The quantitative estimate of drug-likeness (QED) is 0.782. The maximum absolute atomic E-state index is 11.1. The van der Waals surface area contributed by atoms with Crippen molar-refractivity contribution in [2.75, 3.05) is 0 Å². The van der Waals surface area contributed by atoms with Gasteiger partial charge >= 0.3 is 0 Å². The van der Waals surface area contributed by atoms with Gasteiger partial charge in [-0.25, -0.2) is 0 Å². The summed E-state index contributed by atoms with van der Waals surface area (Å²) in [7, 11) is 1.93. The van der Waals surface area contributed by atoms with Gasteiger partial charge in [0.05, 0.1) is 24.1 Å². The monoisotopic (exact) mass is 222 g/mol. The molecule has 1 aliphatic rings. The van der Waals surface area contributed by atoms with Crippen molar-refractivity contribution in [1.82, 2.24) is 9.78 Å². The van der Waals surface area contributed by atoms with Crippen LogP contribution in [0, 0.1) is 6.92 Å². The number of aryl methyl sites for hydroxylation is 2. The molecule has 1 aromatic heterocycles. The number of carbonyl (C=O) groups is 1. The Morgan fingerprint density at radius 1 is 1.50 bits per heavy atom. The molecule has 0 aliphatic heterocycles. The third-order valence-electron chi connectivity index (χ3n) is 3.06. The number of aromatic nitrogens is 2. The minimum Gasteiger partial charge on any atom is -0.372 e. The molecule has 0 N–H and O–H groups in total. The summed E-state index contributed by atoms with van der Waals surface area (Å²) in [6.45, 7) is 2.57. The zero-order chi connectivity index (χ0) is 11.5. The fourth-order valence-electron chi connectivity index (χ4n) is 2.08. The summed E-state index contributed by atoms with van der Waals surface area (Å²) < 4.78 is 7.65. The SMILES string of the molecule is Cc1cc(COC2CCC(=O)CC2)n(C)n1. The van der Waals surface area contributed by atoms with Crippen molar-refractivity contribution in [3.63, 3.8) is 0 Å². The largest absolute Gasteiger partial charge is 0.372 e. The first kappa shape index (κ1) is 11.3. The van der Waals surface area contributed by atoms with Gasteiger partial charge in [-0.05, 0) is 25.8 Å². The van der Waals surface area contributed by atoms with Gasteiger partial charge in [-0.2, -0.15) is 5.10 Å². The highest BCUT2D eigenvalue weighted by atomic mass is 16.5. The molecule has 88 valence electrons. The lowest BCUT2D eigenvalue weighted by atomic mass is 9.96. The van der Waals surface area contributed by atoms with Crippen molar-refractivity contribution >= 4 is 5.78 Å². The predicted octanol–water partition coefficient (Wildman–Crippen LogP) is 1.76. The fraction of sp³-hybridized carbons (Fsp3) is 0.667. The molecule has 0 unspecified atom stereocenters. The summed E-state index contributed by atoms with van der Waals surface area (Å²) in [6.07, 6.45) is 3.34. The number of nitrogens with zero attached hydrogens (tertiary/aromatic N) is 2. The van der Waals surface area contributed by atoms with Crippen LogP contribution < -0.4 is 0 Å². The van der Waals surface area contributed by atoms with E-state index in [1.165, 1.54) is 0 Å². The van der Waals surface area contributed by atoms with Crippen LogP contribution in [0.2, 0.25) is 0 Å². The summed E-state index contributed by atoms with van der Waals surface area (Å²) in [4.78, 5) is 11.1. The van der Waals surface area contributed by atoms with Gasteiger partial charge in [-0.1, -0.05) is 0 Å². The first-order chi connectivity index (χ1) is 7.65. The number of carbonyl (C=O) groups excluding carboxylic acids is 1. The van der Waals surface area contributed by atoms with Crippen molar-refractivity contribution in [2.45, 2.75) is 45.3 Å². The van der Waals surface area contributed by atoms with Gasteiger partial charge in [0.1, 0.15) is 5.78 Å². The van der Waals surface area contributed by atoms with E-state index >= 15 is 0 Å². The molecule has 16 heavy (non-hydrogen) atoms. The van der Waals surface area contributed by atoms with Gasteiger partial charge in [-0.15, -0.1) is 0 Å². The van der Waals surface area contributed by atoms with Crippen LogP contribution in [0.1, 0.15) is 37.1 Å². The molecule has 4 heteroatoms. The molecule has 0 atom stereocenters. The Morgan fingerprint density at radius 2 is 2.19 bits per heavy atom. The molecular weight excluding hydrogens is 204 g/mol. The van der Waals surface area contributed by atoms with Crippen LogP contribution in [0.5, 0.6) is 0 Å². The van der Waals surface area contributed by atoms with E-state index in [2.05, 4.69) is 5.10 Å². The first-order valence-corrected chi connectivity index (χ1v) is 5.78. The van der Waals surface area contributed by atoms with Crippen LogP contribution in [0.15, 0.2) is 6.07 Å². The zero-order valence-electron chi connectivity index (χ0n) is 9.90. The van der Waals surface area contributed by atoms with Crippen LogP contribution in [0.25, 0.3) is 0 Å². The zero-order valence-corrected chi connectivity index (χ0v) is 9.90. The van der Waals surface area contributed by atoms with Crippen LogP contribution in [-0.4, -0.2) is 21.7 Å². The van der Waals surface area contributed by atoms with E-state index in [1.807, 2.05) is 24.7 Å². The van der Waals surface area contributed by atoms with Gasteiger partial charge in [-0.3, -0.25) is 9.48 Å². The lowest BCUT2D eigenvalue weighted by Crippen LogP contribution is -2.21. The normalized spacial score (nSPS) is 18.0. The molecule has 1 heterocycles. The third-order valence-corrected chi connectivity index (χ3v) is 3.06. The standard InChI is InChI=1S/C12H18N2O2/c1-9-7-10(14(2)13-9)8-16-12-5-3-11(15)4-6-12/h7,12H,3-6,8H2,1-2H3. The molecule has 1 fully saturated rings. The molecule has 2 rings (SSSR count). The second-order valence-electron chi connectivity index (χ2n) is 4.45. The average Bonchev–Trinajstić information content (AvgIpc) is 2.57. The molecule has 0 spiro atoms.